The number of hydrogen-bond acceptors (Lipinski definition) is 5. The maximum absolute atomic E-state index is 9.34. The molecule has 4 nitrogen and oxygen atoms in total. The van der Waals surface area contributed by atoms with Gasteiger partial charge in [-0.1, -0.05) is 18.3 Å². The number of nitrogens with zero attached hydrogens (tertiary/aromatic N) is 2. The van der Waals surface area contributed by atoms with Crippen molar-refractivity contribution in [1.29, 1.82) is 0 Å². The standard InChI is InChI=1S/C13H22N2O2S/c1-5-10-11(7-16)18-12(14-10)15-6-9(2)17-13(3,4)8-15/h9,16H,5-8H2,1-4H3. The molecule has 2 rings (SSSR count). The van der Waals surface area contributed by atoms with Crippen molar-refractivity contribution in [3.05, 3.63) is 10.6 Å². The number of anilines is 1. The number of morpholine rings is 1. The molecule has 2 heterocycles. The first-order chi connectivity index (χ1) is 8.45. The van der Waals surface area contributed by atoms with Crippen molar-refractivity contribution in [1.82, 2.24) is 4.98 Å². The van der Waals surface area contributed by atoms with Gasteiger partial charge in [-0.25, -0.2) is 4.98 Å². The number of ether oxygens (including phenoxy) is 1. The minimum Gasteiger partial charge on any atom is -0.391 e. The van der Waals surface area contributed by atoms with Crippen LogP contribution in [0, 0.1) is 0 Å². The SMILES string of the molecule is CCc1nc(N2CC(C)OC(C)(C)C2)sc1CO. The summed E-state index contributed by atoms with van der Waals surface area (Å²) in [6, 6.07) is 0. The Kier molecular flexibility index (Phi) is 3.94. The molecule has 18 heavy (non-hydrogen) atoms. The summed E-state index contributed by atoms with van der Waals surface area (Å²) in [7, 11) is 0. The molecule has 1 saturated heterocycles. The number of rotatable bonds is 3. The second-order valence-electron chi connectivity index (χ2n) is 5.45. The van der Waals surface area contributed by atoms with Crippen LogP contribution in [0.15, 0.2) is 0 Å². The van der Waals surface area contributed by atoms with Crippen molar-refractivity contribution >= 4 is 16.5 Å². The van der Waals surface area contributed by atoms with Crippen molar-refractivity contribution in [2.45, 2.75) is 52.4 Å². The first-order valence-electron chi connectivity index (χ1n) is 6.47. The largest absolute Gasteiger partial charge is 0.391 e. The third-order valence-electron chi connectivity index (χ3n) is 3.09. The number of aryl methyl sites for hydroxylation is 1. The Balaban J connectivity index is 2.22. The molecule has 1 aliphatic rings. The van der Waals surface area contributed by atoms with E-state index < -0.39 is 0 Å². The van der Waals surface area contributed by atoms with Gasteiger partial charge in [-0.3, -0.25) is 0 Å². The van der Waals surface area contributed by atoms with Crippen LogP contribution in [0.2, 0.25) is 0 Å². The van der Waals surface area contributed by atoms with Crippen molar-refractivity contribution in [2.24, 2.45) is 0 Å². The molecular weight excluding hydrogens is 248 g/mol. The van der Waals surface area contributed by atoms with E-state index >= 15 is 0 Å². The lowest BCUT2D eigenvalue weighted by Gasteiger charge is -2.41. The monoisotopic (exact) mass is 270 g/mol. The van der Waals surface area contributed by atoms with E-state index in [1.165, 1.54) is 0 Å². The topological polar surface area (TPSA) is 45.6 Å². The average molecular weight is 270 g/mol. The number of hydrogen-bond donors (Lipinski definition) is 1. The fraction of sp³-hybridized carbons (Fsp3) is 0.769. The van der Waals surface area contributed by atoms with Crippen LogP contribution in [0.5, 0.6) is 0 Å². The average Bonchev–Trinajstić information content (AvgIpc) is 2.69. The van der Waals surface area contributed by atoms with Crippen LogP contribution in [0.1, 0.15) is 38.3 Å². The fourth-order valence-corrected chi connectivity index (χ4v) is 3.52. The van der Waals surface area contributed by atoms with Crippen molar-refractivity contribution in [2.75, 3.05) is 18.0 Å². The molecule has 1 N–H and O–H groups in total. The predicted octanol–water partition coefficient (Wildman–Crippen LogP) is 2.20. The summed E-state index contributed by atoms with van der Waals surface area (Å²) in [6.45, 7) is 10.2. The summed E-state index contributed by atoms with van der Waals surface area (Å²) < 4.78 is 5.90. The van der Waals surface area contributed by atoms with E-state index in [2.05, 4.69) is 37.6 Å². The van der Waals surface area contributed by atoms with Crippen molar-refractivity contribution in [3.63, 3.8) is 0 Å². The minimum atomic E-state index is -0.144. The number of thiazole rings is 1. The Hall–Kier alpha value is -0.650. The van der Waals surface area contributed by atoms with Gasteiger partial charge >= 0.3 is 0 Å². The van der Waals surface area contributed by atoms with Crippen LogP contribution < -0.4 is 4.90 Å². The van der Waals surface area contributed by atoms with E-state index in [4.69, 9.17) is 4.74 Å². The number of aliphatic hydroxyl groups excluding tert-OH is 1. The smallest absolute Gasteiger partial charge is 0.186 e. The molecule has 0 saturated carbocycles. The first-order valence-corrected chi connectivity index (χ1v) is 7.29. The maximum Gasteiger partial charge on any atom is 0.186 e. The van der Waals surface area contributed by atoms with Crippen LogP contribution in [-0.4, -0.2) is 34.9 Å². The van der Waals surface area contributed by atoms with Gasteiger partial charge < -0.3 is 14.7 Å². The third kappa shape index (κ3) is 2.84. The summed E-state index contributed by atoms with van der Waals surface area (Å²) in [4.78, 5) is 7.92. The zero-order chi connectivity index (χ0) is 13.3. The molecule has 0 amide bonds. The highest BCUT2D eigenvalue weighted by molar-refractivity contribution is 7.15. The van der Waals surface area contributed by atoms with Gasteiger partial charge in [-0.05, 0) is 27.2 Å². The van der Waals surface area contributed by atoms with Crippen LogP contribution in [0.3, 0.4) is 0 Å². The summed E-state index contributed by atoms with van der Waals surface area (Å²) in [5.74, 6) is 0. The predicted molar refractivity (Wildman–Crippen MR) is 74.3 cm³/mol. The zero-order valence-corrected chi connectivity index (χ0v) is 12.4. The first kappa shape index (κ1) is 13.8. The highest BCUT2D eigenvalue weighted by Crippen LogP contribution is 2.31. The Bertz CT molecular complexity index is 396. The Morgan fingerprint density at radius 1 is 1.56 bits per heavy atom. The molecule has 0 bridgehead atoms. The van der Waals surface area contributed by atoms with Gasteiger partial charge in [0.2, 0.25) is 0 Å². The molecule has 1 aromatic rings. The quantitative estimate of drug-likeness (QED) is 0.914. The van der Waals surface area contributed by atoms with Gasteiger partial charge in [0.25, 0.3) is 0 Å². The van der Waals surface area contributed by atoms with Crippen molar-refractivity contribution in [3.8, 4) is 0 Å². The Morgan fingerprint density at radius 3 is 2.78 bits per heavy atom. The molecule has 1 aliphatic heterocycles. The highest BCUT2D eigenvalue weighted by Gasteiger charge is 2.32. The molecule has 1 fully saturated rings. The Labute approximate surface area is 113 Å². The van der Waals surface area contributed by atoms with Gasteiger partial charge in [0.1, 0.15) is 0 Å². The molecule has 0 aliphatic carbocycles. The fourth-order valence-electron chi connectivity index (χ4n) is 2.50. The van der Waals surface area contributed by atoms with Crippen LogP contribution >= 0.6 is 11.3 Å². The van der Waals surface area contributed by atoms with Crippen molar-refractivity contribution < 1.29 is 9.84 Å². The van der Waals surface area contributed by atoms with Gasteiger partial charge in [-0.2, -0.15) is 0 Å². The molecule has 0 aromatic carbocycles. The molecule has 1 unspecified atom stereocenters. The normalized spacial score (nSPS) is 23.4. The van der Waals surface area contributed by atoms with Gasteiger partial charge in [0.05, 0.1) is 28.9 Å². The van der Waals surface area contributed by atoms with E-state index in [-0.39, 0.29) is 18.3 Å². The van der Waals surface area contributed by atoms with E-state index in [9.17, 15) is 5.11 Å². The Morgan fingerprint density at radius 2 is 2.28 bits per heavy atom. The number of aliphatic hydroxyl groups is 1. The van der Waals surface area contributed by atoms with Gasteiger partial charge in [0, 0.05) is 13.1 Å². The van der Waals surface area contributed by atoms with E-state index in [0.29, 0.717) is 0 Å². The molecule has 1 atom stereocenters. The molecular formula is C13H22N2O2S. The lowest BCUT2D eigenvalue weighted by Crippen LogP contribution is -2.52. The molecule has 0 radical (unpaired) electrons. The molecule has 1 aromatic heterocycles. The second-order valence-corrected chi connectivity index (χ2v) is 6.51. The summed E-state index contributed by atoms with van der Waals surface area (Å²) in [6.07, 6.45) is 1.08. The number of aromatic nitrogens is 1. The second kappa shape index (κ2) is 5.15. The third-order valence-corrected chi connectivity index (χ3v) is 4.23. The van der Waals surface area contributed by atoms with Gasteiger partial charge in [0.15, 0.2) is 5.13 Å². The lowest BCUT2D eigenvalue weighted by molar-refractivity contribution is -0.0749. The van der Waals surface area contributed by atoms with E-state index in [0.717, 1.165) is 35.2 Å². The molecule has 102 valence electrons. The molecule has 0 spiro atoms. The van der Waals surface area contributed by atoms with E-state index in [1.54, 1.807) is 11.3 Å². The van der Waals surface area contributed by atoms with Crippen LogP contribution in [-0.2, 0) is 17.8 Å². The minimum absolute atomic E-state index is 0.0874. The van der Waals surface area contributed by atoms with E-state index in [1.807, 2.05) is 0 Å². The molecule has 5 heteroatoms. The summed E-state index contributed by atoms with van der Waals surface area (Å²) in [5.41, 5.74) is 0.879. The van der Waals surface area contributed by atoms with Crippen LogP contribution in [0.4, 0.5) is 5.13 Å². The zero-order valence-electron chi connectivity index (χ0n) is 11.6. The lowest BCUT2D eigenvalue weighted by atomic mass is 10.1. The van der Waals surface area contributed by atoms with Gasteiger partial charge in [-0.15, -0.1) is 0 Å². The van der Waals surface area contributed by atoms with Crippen LogP contribution in [0.25, 0.3) is 0 Å². The highest BCUT2D eigenvalue weighted by atomic mass is 32.1. The summed E-state index contributed by atoms with van der Waals surface area (Å²) >= 11 is 1.60. The summed E-state index contributed by atoms with van der Waals surface area (Å²) in [5, 5.41) is 10.4. The maximum atomic E-state index is 9.34.